The third kappa shape index (κ3) is 2.16. The van der Waals surface area contributed by atoms with Crippen LogP contribution in [-0.4, -0.2) is 22.0 Å². The standard InChI is InChI=1S/C22H21FN2O3S2/c1-3-22(2)15-11-8-12(16(15)29-18-17(22)30-21(28)24-18)14-13(11)19(26)25(20(14)27)10-6-4-9(23)5-7-10/h4-7,11-16H,3,8H2,1-2H3,(H,24,28)/t11-,12+,13-,14-,15-,16-,22+/m0/s1. The maximum Gasteiger partial charge on any atom is 0.305 e. The van der Waals surface area contributed by atoms with Gasteiger partial charge in [-0.15, -0.1) is 11.8 Å². The predicted octanol–water partition coefficient (Wildman–Crippen LogP) is 3.79. The fourth-order valence-corrected chi connectivity index (χ4v) is 9.93. The number of hydrogen-bond acceptors (Lipinski definition) is 5. The zero-order valence-corrected chi connectivity index (χ0v) is 18.2. The van der Waals surface area contributed by atoms with E-state index in [9.17, 15) is 18.8 Å². The average molecular weight is 445 g/mol. The molecular formula is C22H21FN2O3S2. The molecule has 4 aliphatic rings. The Labute approximate surface area is 181 Å². The number of aromatic amines is 1. The van der Waals surface area contributed by atoms with E-state index >= 15 is 0 Å². The molecule has 2 bridgehead atoms. The molecule has 3 heterocycles. The maximum atomic E-state index is 13.4. The van der Waals surface area contributed by atoms with Crippen molar-refractivity contribution in [3.8, 4) is 0 Å². The Balaban J connectivity index is 1.43. The summed E-state index contributed by atoms with van der Waals surface area (Å²) in [4.78, 5) is 44.3. The van der Waals surface area contributed by atoms with E-state index in [0.29, 0.717) is 5.69 Å². The zero-order valence-electron chi connectivity index (χ0n) is 16.6. The quantitative estimate of drug-likeness (QED) is 0.716. The first-order valence-corrected chi connectivity index (χ1v) is 12.1. The minimum absolute atomic E-state index is 0.0330. The number of hydrogen-bond donors (Lipinski definition) is 1. The summed E-state index contributed by atoms with van der Waals surface area (Å²) in [5.41, 5.74) is 0.282. The highest BCUT2D eigenvalue weighted by Crippen LogP contribution is 2.69. The lowest BCUT2D eigenvalue weighted by Crippen LogP contribution is -2.49. The number of benzene rings is 1. The predicted molar refractivity (Wildman–Crippen MR) is 113 cm³/mol. The summed E-state index contributed by atoms with van der Waals surface area (Å²) < 4.78 is 13.4. The Kier molecular flexibility index (Phi) is 3.80. The van der Waals surface area contributed by atoms with E-state index in [2.05, 4.69) is 18.8 Å². The molecule has 6 rings (SSSR count). The zero-order chi connectivity index (χ0) is 20.9. The van der Waals surface area contributed by atoms with Crippen molar-refractivity contribution < 1.29 is 14.0 Å². The molecule has 2 saturated carbocycles. The van der Waals surface area contributed by atoms with Crippen LogP contribution in [0.5, 0.6) is 0 Å². The van der Waals surface area contributed by atoms with Crippen molar-refractivity contribution in [1.29, 1.82) is 0 Å². The van der Waals surface area contributed by atoms with Crippen molar-refractivity contribution in [3.63, 3.8) is 0 Å². The van der Waals surface area contributed by atoms with Gasteiger partial charge in [-0.2, -0.15) is 0 Å². The van der Waals surface area contributed by atoms with Gasteiger partial charge in [0.1, 0.15) is 5.82 Å². The highest BCUT2D eigenvalue weighted by molar-refractivity contribution is 8.00. The molecule has 5 nitrogen and oxygen atoms in total. The highest BCUT2D eigenvalue weighted by Gasteiger charge is 2.71. The average Bonchev–Trinajstić information content (AvgIpc) is 3.44. The third-order valence-corrected chi connectivity index (χ3v) is 10.8. The molecule has 2 aliphatic heterocycles. The molecule has 1 aromatic heterocycles. The molecule has 1 N–H and O–H groups in total. The Hall–Kier alpha value is -1.93. The highest BCUT2D eigenvalue weighted by atomic mass is 32.2. The van der Waals surface area contributed by atoms with Crippen LogP contribution in [0.1, 0.15) is 31.6 Å². The Morgan fingerprint density at radius 3 is 2.47 bits per heavy atom. The number of amides is 2. The number of carbonyl (C=O) groups is 2. The molecule has 30 heavy (non-hydrogen) atoms. The van der Waals surface area contributed by atoms with Crippen molar-refractivity contribution in [2.75, 3.05) is 4.90 Å². The molecule has 2 aromatic rings. The monoisotopic (exact) mass is 444 g/mol. The second-order valence-electron chi connectivity index (χ2n) is 9.16. The molecular weight excluding hydrogens is 423 g/mol. The van der Waals surface area contributed by atoms with Crippen LogP contribution in [-0.2, 0) is 15.0 Å². The summed E-state index contributed by atoms with van der Waals surface area (Å²) >= 11 is 3.00. The second kappa shape index (κ2) is 6.07. The fourth-order valence-electron chi connectivity index (χ4n) is 6.74. The molecule has 7 atom stereocenters. The summed E-state index contributed by atoms with van der Waals surface area (Å²) in [7, 11) is 0. The number of nitrogens with zero attached hydrogens (tertiary/aromatic N) is 1. The SMILES string of the molecule is CC[C@@]1(C)c2sc(=O)[nH]c2S[C@H]2[C@@H]3C[C@@H]([C@@H]4C(=O)N(c5ccc(F)cc5)C(=O)[C@@H]34)[C@@H]21. The van der Waals surface area contributed by atoms with Gasteiger partial charge in [-0.3, -0.25) is 19.3 Å². The number of nitrogens with one attached hydrogen (secondary N) is 1. The number of H-pyrrole nitrogens is 1. The number of aromatic nitrogens is 1. The van der Waals surface area contributed by atoms with Crippen LogP contribution in [0.2, 0.25) is 0 Å². The topological polar surface area (TPSA) is 70.2 Å². The lowest BCUT2D eigenvalue weighted by molar-refractivity contribution is -0.123. The fraction of sp³-hybridized carbons (Fsp3) is 0.500. The summed E-state index contributed by atoms with van der Waals surface area (Å²) in [6.45, 7) is 4.37. The molecule has 2 amide bonds. The number of thiazole rings is 1. The molecule has 156 valence electrons. The molecule has 8 heteroatoms. The minimum atomic E-state index is -0.389. The summed E-state index contributed by atoms with van der Waals surface area (Å²) in [5, 5.41) is 1.18. The van der Waals surface area contributed by atoms with E-state index in [0.717, 1.165) is 22.7 Å². The van der Waals surface area contributed by atoms with E-state index in [1.807, 2.05) is 0 Å². The van der Waals surface area contributed by atoms with Crippen LogP contribution in [0.15, 0.2) is 34.1 Å². The van der Waals surface area contributed by atoms with E-state index in [1.165, 1.54) is 40.5 Å². The molecule has 0 spiro atoms. The molecule has 0 radical (unpaired) electrons. The summed E-state index contributed by atoms with van der Waals surface area (Å²) in [6, 6.07) is 5.59. The van der Waals surface area contributed by atoms with Gasteiger partial charge in [0, 0.05) is 15.5 Å². The third-order valence-electron chi connectivity index (χ3n) is 8.05. The Bertz CT molecular complexity index is 1140. The number of fused-ring (bicyclic) bond motifs is 9. The second-order valence-corrected chi connectivity index (χ2v) is 11.3. The number of imide groups is 1. The molecule has 3 fully saturated rings. The first-order valence-electron chi connectivity index (χ1n) is 10.4. The van der Waals surface area contributed by atoms with Gasteiger partial charge in [0.05, 0.1) is 22.5 Å². The van der Waals surface area contributed by atoms with Crippen molar-refractivity contribution in [2.24, 2.45) is 29.6 Å². The van der Waals surface area contributed by atoms with Crippen LogP contribution in [0.25, 0.3) is 0 Å². The first-order chi connectivity index (χ1) is 14.3. The number of carbonyl (C=O) groups excluding carboxylic acids is 2. The Morgan fingerprint density at radius 1 is 1.13 bits per heavy atom. The van der Waals surface area contributed by atoms with E-state index < -0.39 is 0 Å². The van der Waals surface area contributed by atoms with Gasteiger partial charge >= 0.3 is 4.87 Å². The maximum absolute atomic E-state index is 13.4. The Morgan fingerprint density at radius 2 is 1.80 bits per heavy atom. The smallest absolute Gasteiger partial charge is 0.305 e. The largest absolute Gasteiger partial charge is 0.307 e. The van der Waals surface area contributed by atoms with Crippen LogP contribution in [0.3, 0.4) is 0 Å². The van der Waals surface area contributed by atoms with E-state index in [4.69, 9.17) is 0 Å². The molecule has 1 saturated heterocycles. The van der Waals surface area contributed by atoms with Crippen molar-refractivity contribution in [1.82, 2.24) is 4.98 Å². The van der Waals surface area contributed by atoms with Gasteiger partial charge in [0.15, 0.2) is 0 Å². The number of halogens is 1. The number of rotatable bonds is 2. The number of thioether (sulfide) groups is 1. The van der Waals surface area contributed by atoms with Crippen molar-refractivity contribution in [3.05, 3.63) is 44.6 Å². The van der Waals surface area contributed by atoms with Crippen molar-refractivity contribution >= 4 is 40.6 Å². The van der Waals surface area contributed by atoms with Gasteiger partial charge < -0.3 is 4.98 Å². The van der Waals surface area contributed by atoms with Crippen LogP contribution in [0.4, 0.5) is 10.1 Å². The molecule has 0 unspecified atom stereocenters. The molecule has 2 aliphatic carbocycles. The van der Waals surface area contributed by atoms with E-state index in [-0.39, 0.29) is 62.8 Å². The van der Waals surface area contributed by atoms with Crippen molar-refractivity contribution in [2.45, 2.75) is 42.4 Å². The summed E-state index contributed by atoms with van der Waals surface area (Å²) in [5.74, 6) is -0.770. The van der Waals surface area contributed by atoms with Gasteiger partial charge in [-0.25, -0.2) is 4.39 Å². The van der Waals surface area contributed by atoms with E-state index in [1.54, 1.807) is 11.8 Å². The van der Waals surface area contributed by atoms with Gasteiger partial charge in [-0.1, -0.05) is 25.2 Å². The van der Waals surface area contributed by atoms with Gasteiger partial charge in [0.25, 0.3) is 0 Å². The normalized spacial score (nSPS) is 38.7. The lowest BCUT2D eigenvalue weighted by atomic mass is 9.62. The number of anilines is 1. The van der Waals surface area contributed by atoms with Gasteiger partial charge in [0.2, 0.25) is 11.8 Å². The van der Waals surface area contributed by atoms with Crippen LogP contribution < -0.4 is 9.77 Å². The van der Waals surface area contributed by atoms with Crippen LogP contribution >= 0.6 is 23.1 Å². The van der Waals surface area contributed by atoms with Crippen LogP contribution in [0, 0.1) is 35.4 Å². The minimum Gasteiger partial charge on any atom is -0.307 e. The molecule has 1 aromatic carbocycles. The summed E-state index contributed by atoms with van der Waals surface area (Å²) in [6.07, 6.45) is 1.78. The lowest BCUT2D eigenvalue weighted by Gasteiger charge is -2.48. The first kappa shape index (κ1) is 18.8. The van der Waals surface area contributed by atoms with Gasteiger partial charge in [-0.05, 0) is 54.9 Å².